The summed E-state index contributed by atoms with van der Waals surface area (Å²) in [7, 11) is -4.06. The second kappa shape index (κ2) is 6.58. The van der Waals surface area contributed by atoms with Gasteiger partial charge >= 0.3 is 0 Å². The highest BCUT2D eigenvalue weighted by Crippen LogP contribution is 2.25. The molecule has 0 aliphatic carbocycles. The van der Waals surface area contributed by atoms with Crippen LogP contribution in [-0.2, 0) is 21.4 Å². The third-order valence-corrected chi connectivity index (χ3v) is 5.33. The highest BCUT2D eigenvalue weighted by molar-refractivity contribution is 7.89. The zero-order valence-corrected chi connectivity index (χ0v) is 13.0. The Bertz CT molecular complexity index is 617. The van der Waals surface area contributed by atoms with Crippen molar-refractivity contribution in [2.24, 2.45) is 5.92 Å². The van der Waals surface area contributed by atoms with E-state index in [-0.39, 0.29) is 22.5 Å². The summed E-state index contributed by atoms with van der Waals surface area (Å²) < 4.78 is 46.4. The monoisotopic (exact) mass is 337 g/mol. The molecule has 1 aliphatic rings. The van der Waals surface area contributed by atoms with Crippen molar-refractivity contribution in [3.8, 4) is 0 Å². The minimum Gasteiger partial charge on any atom is -0.392 e. The number of sulfonamides is 1. The van der Waals surface area contributed by atoms with E-state index in [4.69, 9.17) is 21.4 Å². The first-order valence-electron chi connectivity index (χ1n) is 6.54. The Hall–Kier alpha value is -0.730. The van der Waals surface area contributed by atoms with Crippen molar-refractivity contribution in [1.82, 2.24) is 4.72 Å². The van der Waals surface area contributed by atoms with Gasteiger partial charge in [0, 0.05) is 29.2 Å². The number of nitrogens with one attached hydrogen (secondary N) is 1. The van der Waals surface area contributed by atoms with Gasteiger partial charge < -0.3 is 9.84 Å². The zero-order valence-electron chi connectivity index (χ0n) is 11.5. The fourth-order valence-corrected chi connectivity index (χ4v) is 4.04. The molecule has 2 atom stereocenters. The van der Waals surface area contributed by atoms with Crippen LogP contribution in [0.25, 0.3) is 0 Å². The van der Waals surface area contributed by atoms with Crippen molar-refractivity contribution < 1.29 is 22.7 Å². The maximum absolute atomic E-state index is 14.1. The largest absolute Gasteiger partial charge is 0.392 e. The lowest BCUT2D eigenvalue weighted by Crippen LogP contribution is -2.38. The van der Waals surface area contributed by atoms with E-state index >= 15 is 0 Å². The van der Waals surface area contributed by atoms with Crippen LogP contribution in [-0.4, -0.2) is 32.8 Å². The van der Waals surface area contributed by atoms with Crippen molar-refractivity contribution >= 4 is 21.6 Å². The Morgan fingerprint density at radius 1 is 1.57 bits per heavy atom. The third-order valence-electron chi connectivity index (χ3n) is 3.55. The normalized spacial score (nSPS) is 20.7. The molecule has 1 saturated heterocycles. The smallest absolute Gasteiger partial charge is 0.243 e. The third kappa shape index (κ3) is 3.73. The summed E-state index contributed by atoms with van der Waals surface area (Å²) in [5.41, 5.74) is -0.153. The first-order valence-corrected chi connectivity index (χ1v) is 8.40. The molecule has 5 nitrogen and oxygen atoms in total. The molecule has 118 valence electrons. The Labute approximate surface area is 128 Å². The van der Waals surface area contributed by atoms with E-state index in [1.807, 2.05) is 0 Å². The quantitative estimate of drug-likeness (QED) is 0.857. The van der Waals surface area contributed by atoms with Crippen LogP contribution in [0, 0.1) is 11.7 Å². The molecule has 0 radical (unpaired) electrons. The number of halogens is 2. The molecule has 1 heterocycles. The van der Waals surface area contributed by atoms with Crippen LogP contribution in [0.15, 0.2) is 17.0 Å². The van der Waals surface area contributed by atoms with Crippen molar-refractivity contribution in [3.05, 3.63) is 28.5 Å². The zero-order chi connectivity index (χ0) is 15.6. The van der Waals surface area contributed by atoms with E-state index in [1.165, 1.54) is 6.07 Å². The molecular weight excluding hydrogens is 321 g/mol. The summed E-state index contributed by atoms with van der Waals surface area (Å²) in [4.78, 5) is -0.551. The van der Waals surface area contributed by atoms with Gasteiger partial charge in [-0.05, 0) is 25.5 Å². The Morgan fingerprint density at radius 2 is 2.29 bits per heavy atom. The lowest BCUT2D eigenvalue weighted by atomic mass is 10.0. The number of aliphatic hydroxyl groups is 1. The lowest BCUT2D eigenvalue weighted by molar-refractivity contribution is 0.180. The highest BCUT2D eigenvalue weighted by Gasteiger charge is 2.29. The van der Waals surface area contributed by atoms with Crippen molar-refractivity contribution in [3.63, 3.8) is 0 Å². The van der Waals surface area contributed by atoms with Crippen LogP contribution >= 0.6 is 11.6 Å². The molecule has 8 heteroatoms. The van der Waals surface area contributed by atoms with Gasteiger partial charge in [-0.2, -0.15) is 0 Å². The van der Waals surface area contributed by atoms with Crippen molar-refractivity contribution in [2.75, 3.05) is 13.2 Å². The number of benzene rings is 1. The molecule has 1 aromatic carbocycles. The number of aliphatic hydroxyl groups excluding tert-OH is 1. The average Bonchev–Trinajstić information content (AvgIpc) is 2.94. The van der Waals surface area contributed by atoms with Gasteiger partial charge in [0.2, 0.25) is 10.0 Å². The molecule has 1 aliphatic heterocycles. The summed E-state index contributed by atoms with van der Waals surface area (Å²) >= 11 is 5.78. The average molecular weight is 338 g/mol. The minimum absolute atomic E-state index is 0.0534. The summed E-state index contributed by atoms with van der Waals surface area (Å²) in [5.74, 6) is -0.927. The van der Waals surface area contributed by atoms with E-state index in [2.05, 4.69) is 4.72 Å². The lowest BCUT2D eigenvalue weighted by Gasteiger charge is -2.20. The second-order valence-electron chi connectivity index (χ2n) is 5.07. The summed E-state index contributed by atoms with van der Waals surface area (Å²) in [6.07, 6.45) is 0.754. The summed E-state index contributed by atoms with van der Waals surface area (Å²) in [6, 6.07) is 1.86. The predicted molar refractivity (Wildman–Crippen MR) is 76.0 cm³/mol. The molecule has 0 amide bonds. The van der Waals surface area contributed by atoms with Gasteiger partial charge in [-0.25, -0.2) is 17.5 Å². The standard InChI is InChI=1S/C13H17ClFNO4S/c1-8(9-2-3-20-7-9)16-21(18,19)12-5-11(14)4-10(6-17)13(12)15/h4-5,8-9,16-17H,2-3,6-7H2,1H3. The molecule has 0 aromatic heterocycles. The Morgan fingerprint density at radius 3 is 2.86 bits per heavy atom. The molecule has 0 saturated carbocycles. The fraction of sp³-hybridized carbons (Fsp3) is 0.538. The molecule has 2 N–H and O–H groups in total. The summed E-state index contributed by atoms with van der Waals surface area (Å²) in [5, 5.41) is 9.11. The van der Waals surface area contributed by atoms with E-state index in [1.54, 1.807) is 6.92 Å². The van der Waals surface area contributed by atoms with Gasteiger partial charge in [-0.1, -0.05) is 11.6 Å². The molecule has 1 fully saturated rings. The van der Waals surface area contributed by atoms with Crippen LogP contribution in [0.2, 0.25) is 5.02 Å². The van der Waals surface area contributed by atoms with Gasteiger partial charge in [0.25, 0.3) is 0 Å². The molecule has 0 spiro atoms. The number of rotatable bonds is 5. The number of hydrogen-bond acceptors (Lipinski definition) is 4. The molecule has 2 unspecified atom stereocenters. The Kier molecular flexibility index (Phi) is 5.21. The van der Waals surface area contributed by atoms with E-state index in [0.29, 0.717) is 13.2 Å². The molecule has 1 aromatic rings. The fourth-order valence-electron chi connectivity index (χ4n) is 2.28. The maximum atomic E-state index is 14.1. The van der Waals surface area contributed by atoms with Crippen LogP contribution in [0.4, 0.5) is 4.39 Å². The van der Waals surface area contributed by atoms with Crippen molar-refractivity contribution in [2.45, 2.75) is 30.9 Å². The minimum atomic E-state index is -4.06. The Balaban J connectivity index is 2.28. The summed E-state index contributed by atoms with van der Waals surface area (Å²) in [6.45, 7) is 2.16. The maximum Gasteiger partial charge on any atom is 0.243 e. The molecule has 0 bridgehead atoms. The first kappa shape index (κ1) is 16.6. The SMILES string of the molecule is CC(NS(=O)(=O)c1cc(Cl)cc(CO)c1F)C1CCOC1. The van der Waals surface area contributed by atoms with E-state index < -0.39 is 27.3 Å². The van der Waals surface area contributed by atoms with Gasteiger partial charge in [-0.3, -0.25) is 0 Å². The van der Waals surface area contributed by atoms with Crippen LogP contribution in [0.3, 0.4) is 0 Å². The molecule has 21 heavy (non-hydrogen) atoms. The molecular formula is C13H17ClFNO4S. The van der Waals surface area contributed by atoms with Crippen LogP contribution < -0.4 is 4.72 Å². The number of ether oxygens (including phenoxy) is 1. The second-order valence-corrected chi connectivity index (χ2v) is 7.19. The van der Waals surface area contributed by atoms with Crippen LogP contribution in [0.1, 0.15) is 18.9 Å². The van der Waals surface area contributed by atoms with Crippen LogP contribution in [0.5, 0.6) is 0 Å². The molecule has 2 rings (SSSR count). The van der Waals surface area contributed by atoms with E-state index in [9.17, 15) is 12.8 Å². The van der Waals surface area contributed by atoms with Gasteiger partial charge in [-0.15, -0.1) is 0 Å². The topological polar surface area (TPSA) is 75.6 Å². The van der Waals surface area contributed by atoms with Gasteiger partial charge in [0.1, 0.15) is 10.7 Å². The number of hydrogen-bond donors (Lipinski definition) is 2. The first-order chi connectivity index (χ1) is 9.85. The van der Waals surface area contributed by atoms with Gasteiger partial charge in [0.05, 0.1) is 13.2 Å². The van der Waals surface area contributed by atoms with Gasteiger partial charge in [0.15, 0.2) is 0 Å². The van der Waals surface area contributed by atoms with Crippen molar-refractivity contribution in [1.29, 1.82) is 0 Å². The predicted octanol–water partition coefficient (Wildman–Crippen LogP) is 1.67. The van der Waals surface area contributed by atoms with E-state index in [0.717, 1.165) is 12.5 Å². The highest BCUT2D eigenvalue weighted by atomic mass is 35.5.